The van der Waals surface area contributed by atoms with Gasteiger partial charge in [-0.15, -0.1) is 11.3 Å². The molecular formula is C15H18N4O2S. The fourth-order valence-corrected chi connectivity index (χ4v) is 3.98. The fraction of sp³-hybridized carbons (Fsp3) is 0.400. The van der Waals surface area contributed by atoms with Gasteiger partial charge in [0.1, 0.15) is 9.71 Å². The summed E-state index contributed by atoms with van der Waals surface area (Å²) in [6.45, 7) is 2.36. The third kappa shape index (κ3) is 2.31. The molecule has 1 aliphatic heterocycles. The molecule has 3 N–H and O–H groups in total. The van der Waals surface area contributed by atoms with E-state index >= 15 is 0 Å². The summed E-state index contributed by atoms with van der Waals surface area (Å²) in [4.78, 5) is 31.3. The average molecular weight is 318 g/mol. The number of nitrogens with zero attached hydrogens (tertiary/aromatic N) is 2. The lowest BCUT2D eigenvalue weighted by molar-refractivity contribution is -0.129. The molecule has 2 amide bonds. The van der Waals surface area contributed by atoms with Crippen molar-refractivity contribution in [1.82, 2.24) is 15.2 Å². The van der Waals surface area contributed by atoms with Gasteiger partial charge in [0.05, 0.1) is 17.4 Å². The molecule has 22 heavy (non-hydrogen) atoms. The lowest BCUT2D eigenvalue weighted by atomic mass is 10.1. The Bertz CT molecular complexity index is 755. The first-order valence-electron chi connectivity index (χ1n) is 7.21. The molecule has 0 aromatic carbocycles. The highest BCUT2D eigenvalue weighted by molar-refractivity contribution is 7.21. The van der Waals surface area contributed by atoms with Crippen LogP contribution in [0.2, 0.25) is 0 Å². The van der Waals surface area contributed by atoms with Gasteiger partial charge in [0.15, 0.2) is 0 Å². The molecule has 0 aliphatic carbocycles. The number of anilines is 1. The molecule has 1 fully saturated rings. The van der Waals surface area contributed by atoms with E-state index in [1.807, 2.05) is 17.0 Å². The van der Waals surface area contributed by atoms with Crippen molar-refractivity contribution in [2.45, 2.75) is 25.8 Å². The number of rotatable bonds is 2. The van der Waals surface area contributed by atoms with Crippen LogP contribution in [0.15, 0.2) is 12.1 Å². The van der Waals surface area contributed by atoms with Crippen LogP contribution in [0.4, 0.5) is 5.69 Å². The highest BCUT2D eigenvalue weighted by atomic mass is 32.1. The second-order valence-electron chi connectivity index (χ2n) is 5.38. The molecule has 2 aromatic rings. The molecule has 3 rings (SSSR count). The maximum atomic E-state index is 11.8. The molecule has 2 aromatic heterocycles. The van der Waals surface area contributed by atoms with Crippen LogP contribution in [-0.2, 0) is 4.79 Å². The smallest absolute Gasteiger partial charge is 0.263 e. The number of nitrogens with one attached hydrogen (secondary N) is 1. The molecule has 0 bridgehead atoms. The number of amides is 2. The largest absolute Gasteiger partial charge is 0.397 e. The molecule has 116 valence electrons. The van der Waals surface area contributed by atoms with E-state index in [2.05, 4.69) is 10.3 Å². The van der Waals surface area contributed by atoms with Crippen LogP contribution in [-0.4, -0.2) is 35.3 Å². The number of fused-ring (bicyclic) bond motifs is 1. The van der Waals surface area contributed by atoms with E-state index in [4.69, 9.17) is 5.73 Å². The van der Waals surface area contributed by atoms with Crippen LogP contribution in [0.3, 0.4) is 0 Å². The standard InChI is InChI=1S/C15H18N4O2S/c1-8(20)19-7-3-4-11(19)10-6-5-9-12(16)13(14(21)17-2)22-15(9)18-10/h5-6,11H,3-4,7,16H2,1-2H3,(H,17,21)/t11-/m1/s1. The summed E-state index contributed by atoms with van der Waals surface area (Å²) in [7, 11) is 1.58. The molecule has 1 aliphatic rings. The normalized spacial score (nSPS) is 17.9. The zero-order valence-corrected chi connectivity index (χ0v) is 13.4. The minimum Gasteiger partial charge on any atom is -0.397 e. The van der Waals surface area contributed by atoms with E-state index in [1.54, 1.807) is 14.0 Å². The van der Waals surface area contributed by atoms with E-state index in [1.165, 1.54) is 11.3 Å². The van der Waals surface area contributed by atoms with Gasteiger partial charge >= 0.3 is 0 Å². The lowest BCUT2D eigenvalue weighted by Crippen LogP contribution is -2.28. The molecule has 0 radical (unpaired) electrons. The second-order valence-corrected chi connectivity index (χ2v) is 6.38. The first-order chi connectivity index (χ1) is 10.5. The number of hydrogen-bond donors (Lipinski definition) is 2. The number of carbonyl (C=O) groups excluding carboxylic acids is 2. The summed E-state index contributed by atoms with van der Waals surface area (Å²) in [5.74, 6) is -0.130. The molecule has 3 heterocycles. The Morgan fingerprint density at radius 1 is 1.45 bits per heavy atom. The topological polar surface area (TPSA) is 88.3 Å². The zero-order chi connectivity index (χ0) is 15.9. The van der Waals surface area contributed by atoms with Crippen LogP contribution in [0.1, 0.15) is 41.2 Å². The van der Waals surface area contributed by atoms with Crippen LogP contribution in [0.5, 0.6) is 0 Å². The number of likely N-dealkylation sites (tertiary alicyclic amines) is 1. The van der Waals surface area contributed by atoms with Gasteiger partial charge in [-0.1, -0.05) is 0 Å². The minimum atomic E-state index is -0.201. The molecule has 1 atom stereocenters. The first kappa shape index (κ1) is 14.8. The van der Waals surface area contributed by atoms with Crippen LogP contribution < -0.4 is 11.1 Å². The molecular weight excluding hydrogens is 300 g/mol. The summed E-state index contributed by atoms with van der Waals surface area (Å²) in [5, 5.41) is 3.38. The molecule has 0 unspecified atom stereocenters. The SMILES string of the molecule is CNC(=O)c1sc2nc([C@H]3CCCN3C(C)=O)ccc2c1N. The Morgan fingerprint density at radius 3 is 2.91 bits per heavy atom. The molecule has 0 saturated carbocycles. The Morgan fingerprint density at radius 2 is 2.23 bits per heavy atom. The predicted octanol–water partition coefficient (Wildman–Crippen LogP) is 1.92. The van der Waals surface area contributed by atoms with Crippen LogP contribution in [0, 0.1) is 0 Å². The van der Waals surface area contributed by atoms with Crippen molar-refractivity contribution >= 4 is 39.1 Å². The monoisotopic (exact) mass is 318 g/mol. The van der Waals surface area contributed by atoms with Gasteiger partial charge in [-0.25, -0.2) is 4.98 Å². The summed E-state index contributed by atoms with van der Waals surface area (Å²) < 4.78 is 0. The third-order valence-electron chi connectivity index (χ3n) is 4.05. The van der Waals surface area contributed by atoms with E-state index in [-0.39, 0.29) is 17.9 Å². The van der Waals surface area contributed by atoms with Gasteiger partial charge in [-0.05, 0) is 25.0 Å². The Labute approximate surface area is 132 Å². The van der Waals surface area contributed by atoms with Crippen LogP contribution in [0.25, 0.3) is 10.2 Å². The van der Waals surface area contributed by atoms with Crippen molar-refractivity contribution in [2.24, 2.45) is 0 Å². The molecule has 7 heteroatoms. The summed E-state index contributed by atoms with van der Waals surface area (Å²) in [6.07, 6.45) is 1.90. The Kier molecular flexibility index (Phi) is 3.74. The number of nitrogen functional groups attached to an aromatic ring is 1. The molecule has 6 nitrogen and oxygen atoms in total. The minimum absolute atomic E-state index is 0.0219. The quantitative estimate of drug-likeness (QED) is 0.885. The van der Waals surface area contributed by atoms with Crippen molar-refractivity contribution in [3.8, 4) is 0 Å². The second kappa shape index (κ2) is 5.57. The van der Waals surface area contributed by atoms with Crippen molar-refractivity contribution < 1.29 is 9.59 Å². The lowest BCUT2D eigenvalue weighted by Gasteiger charge is -2.22. The summed E-state index contributed by atoms with van der Waals surface area (Å²) in [6, 6.07) is 3.83. The Hall–Kier alpha value is -2.15. The first-order valence-corrected chi connectivity index (χ1v) is 8.02. The highest BCUT2D eigenvalue weighted by Crippen LogP contribution is 2.36. The number of carbonyl (C=O) groups is 2. The van der Waals surface area contributed by atoms with Gasteiger partial charge in [-0.3, -0.25) is 9.59 Å². The summed E-state index contributed by atoms with van der Waals surface area (Å²) in [5.41, 5.74) is 7.37. The number of hydrogen-bond acceptors (Lipinski definition) is 5. The van der Waals surface area contributed by atoms with Gasteiger partial charge in [-0.2, -0.15) is 0 Å². The fourth-order valence-electron chi connectivity index (χ4n) is 2.93. The van der Waals surface area contributed by atoms with Crippen molar-refractivity contribution in [3.05, 3.63) is 22.7 Å². The van der Waals surface area contributed by atoms with Crippen LogP contribution >= 0.6 is 11.3 Å². The number of aromatic nitrogens is 1. The highest BCUT2D eigenvalue weighted by Gasteiger charge is 2.29. The van der Waals surface area contributed by atoms with Gasteiger partial charge in [0.25, 0.3) is 5.91 Å². The van der Waals surface area contributed by atoms with Crippen molar-refractivity contribution in [1.29, 1.82) is 0 Å². The number of thiophene rings is 1. The predicted molar refractivity (Wildman–Crippen MR) is 86.8 cm³/mol. The number of nitrogens with two attached hydrogens (primary N) is 1. The van der Waals surface area contributed by atoms with E-state index < -0.39 is 0 Å². The zero-order valence-electron chi connectivity index (χ0n) is 12.5. The van der Waals surface area contributed by atoms with Crippen molar-refractivity contribution in [2.75, 3.05) is 19.3 Å². The summed E-state index contributed by atoms with van der Waals surface area (Å²) >= 11 is 1.29. The Balaban J connectivity index is 2.03. The van der Waals surface area contributed by atoms with E-state index in [0.29, 0.717) is 10.6 Å². The van der Waals surface area contributed by atoms with E-state index in [0.717, 1.165) is 35.3 Å². The van der Waals surface area contributed by atoms with Gasteiger partial charge in [0.2, 0.25) is 5.91 Å². The number of pyridine rings is 1. The molecule has 1 saturated heterocycles. The maximum absolute atomic E-state index is 11.8. The third-order valence-corrected chi connectivity index (χ3v) is 5.16. The van der Waals surface area contributed by atoms with E-state index in [9.17, 15) is 9.59 Å². The van der Waals surface area contributed by atoms with Gasteiger partial charge in [0, 0.05) is 25.9 Å². The molecule has 0 spiro atoms. The average Bonchev–Trinajstić information content (AvgIpc) is 3.11. The maximum Gasteiger partial charge on any atom is 0.263 e. The van der Waals surface area contributed by atoms with Crippen molar-refractivity contribution in [3.63, 3.8) is 0 Å². The van der Waals surface area contributed by atoms with Gasteiger partial charge < -0.3 is 16.0 Å².